The molecule has 1 aromatic heterocycles. The van der Waals surface area contributed by atoms with Crippen molar-refractivity contribution in [2.45, 2.75) is 11.3 Å². The quantitative estimate of drug-likeness (QED) is 0.679. The number of nitrogens with one attached hydrogen (secondary N) is 1. The van der Waals surface area contributed by atoms with Crippen molar-refractivity contribution in [1.29, 1.82) is 0 Å². The molecule has 1 N–H and O–H groups in total. The number of aromatic nitrogens is 1. The van der Waals surface area contributed by atoms with Crippen molar-refractivity contribution in [1.82, 2.24) is 4.98 Å². The first-order valence-corrected chi connectivity index (χ1v) is 8.65. The highest BCUT2D eigenvalue weighted by atomic mass is 32.2. The number of halogens is 2. The summed E-state index contributed by atoms with van der Waals surface area (Å²) in [6.07, 6.45) is 0.312. The molecule has 1 heterocycles. The third kappa shape index (κ3) is 4.27. The van der Waals surface area contributed by atoms with Gasteiger partial charge < -0.3 is 5.32 Å². The van der Waals surface area contributed by atoms with E-state index in [0.29, 0.717) is 27.5 Å². The van der Waals surface area contributed by atoms with Crippen LogP contribution in [0.3, 0.4) is 0 Å². The van der Waals surface area contributed by atoms with Gasteiger partial charge in [-0.25, -0.2) is 13.8 Å². The van der Waals surface area contributed by atoms with Gasteiger partial charge in [-0.15, -0.1) is 11.8 Å². The molecule has 0 aliphatic heterocycles. The van der Waals surface area contributed by atoms with Crippen molar-refractivity contribution in [2.24, 2.45) is 0 Å². The molecule has 3 rings (SSSR count). The van der Waals surface area contributed by atoms with Crippen molar-refractivity contribution < 1.29 is 13.6 Å². The Labute approximate surface area is 139 Å². The molecule has 118 valence electrons. The van der Waals surface area contributed by atoms with Gasteiger partial charge in [0.2, 0.25) is 5.91 Å². The first kappa shape index (κ1) is 15.9. The van der Waals surface area contributed by atoms with Gasteiger partial charge in [-0.3, -0.25) is 4.79 Å². The molecule has 0 fully saturated rings. The zero-order valence-electron chi connectivity index (χ0n) is 11.9. The average Bonchev–Trinajstić information content (AvgIpc) is 2.90. The van der Waals surface area contributed by atoms with Crippen LogP contribution < -0.4 is 5.32 Å². The third-order valence-corrected chi connectivity index (χ3v) is 4.96. The second-order valence-electron chi connectivity index (χ2n) is 4.73. The van der Waals surface area contributed by atoms with Gasteiger partial charge in [0.15, 0.2) is 5.13 Å². The fourth-order valence-corrected chi connectivity index (χ4v) is 3.68. The maximum Gasteiger partial charge on any atom is 0.226 e. The van der Waals surface area contributed by atoms with Gasteiger partial charge >= 0.3 is 0 Å². The van der Waals surface area contributed by atoms with Crippen LogP contribution in [0.1, 0.15) is 6.42 Å². The number of carbonyl (C=O) groups excluding carboxylic acids is 1. The van der Waals surface area contributed by atoms with Gasteiger partial charge in [0, 0.05) is 17.1 Å². The molecule has 0 aliphatic carbocycles. The molecule has 0 unspecified atom stereocenters. The lowest BCUT2D eigenvalue weighted by Gasteiger charge is -2.02. The summed E-state index contributed by atoms with van der Waals surface area (Å²) in [5.74, 6) is -0.176. The second kappa shape index (κ2) is 7.06. The highest BCUT2D eigenvalue weighted by Gasteiger charge is 2.08. The van der Waals surface area contributed by atoms with Crippen LogP contribution in [-0.2, 0) is 4.79 Å². The number of hydrogen-bond donors (Lipinski definition) is 1. The summed E-state index contributed by atoms with van der Waals surface area (Å²) in [5, 5.41) is 3.18. The number of benzene rings is 2. The normalized spacial score (nSPS) is 10.9. The molecular formula is C16H12F2N2OS2. The van der Waals surface area contributed by atoms with Crippen LogP contribution in [0.2, 0.25) is 0 Å². The first-order valence-electron chi connectivity index (χ1n) is 6.84. The zero-order valence-corrected chi connectivity index (χ0v) is 13.5. The maximum atomic E-state index is 13.1. The summed E-state index contributed by atoms with van der Waals surface area (Å²) in [4.78, 5) is 17.1. The fourth-order valence-electron chi connectivity index (χ4n) is 1.93. The number of anilines is 1. The molecule has 0 radical (unpaired) electrons. The second-order valence-corrected chi connectivity index (χ2v) is 6.93. The van der Waals surface area contributed by atoms with E-state index >= 15 is 0 Å². The Balaban J connectivity index is 1.53. The van der Waals surface area contributed by atoms with Crippen LogP contribution in [0.25, 0.3) is 10.2 Å². The summed E-state index contributed by atoms with van der Waals surface area (Å²) in [5.41, 5.74) is 0.660. The summed E-state index contributed by atoms with van der Waals surface area (Å²) >= 11 is 2.72. The monoisotopic (exact) mass is 350 g/mol. The van der Waals surface area contributed by atoms with Crippen LogP contribution >= 0.6 is 23.1 Å². The van der Waals surface area contributed by atoms with E-state index < -0.39 is 0 Å². The lowest BCUT2D eigenvalue weighted by Crippen LogP contribution is -2.11. The number of rotatable bonds is 5. The van der Waals surface area contributed by atoms with Crippen LogP contribution in [0.15, 0.2) is 47.4 Å². The average molecular weight is 350 g/mol. The molecular weight excluding hydrogens is 338 g/mol. The molecule has 0 spiro atoms. The minimum Gasteiger partial charge on any atom is -0.302 e. The van der Waals surface area contributed by atoms with Crippen molar-refractivity contribution in [2.75, 3.05) is 11.1 Å². The van der Waals surface area contributed by atoms with Gasteiger partial charge in [-0.2, -0.15) is 0 Å². The summed E-state index contributed by atoms with van der Waals surface area (Å²) in [7, 11) is 0. The number of thioether (sulfide) groups is 1. The Morgan fingerprint density at radius 3 is 2.65 bits per heavy atom. The molecule has 0 aliphatic rings. The number of fused-ring (bicyclic) bond motifs is 1. The predicted octanol–water partition coefficient (Wildman–Crippen LogP) is 4.70. The Hall–Kier alpha value is -1.99. The predicted molar refractivity (Wildman–Crippen MR) is 89.9 cm³/mol. The van der Waals surface area contributed by atoms with E-state index in [1.54, 1.807) is 18.2 Å². The Morgan fingerprint density at radius 2 is 1.87 bits per heavy atom. The topological polar surface area (TPSA) is 42.0 Å². The number of hydrogen-bond acceptors (Lipinski definition) is 4. The molecule has 0 saturated carbocycles. The van der Waals surface area contributed by atoms with Crippen molar-refractivity contribution >= 4 is 44.4 Å². The van der Waals surface area contributed by atoms with Gasteiger partial charge in [0.1, 0.15) is 11.6 Å². The maximum absolute atomic E-state index is 13.1. The smallest absolute Gasteiger partial charge is 0.226 e. The third-order valence-electron chi connectivity index (χ3n) is 3.01. The van der Waals surface area contributed by atoms with E-state index in [4.69, 9.17) is 0 Å². The van der Waals surface area contributed by atoms with Crippen LogP contribution in [0.5, 0.6) is 0 Å². The molecule has 2 aromatic carbocycles. The molecule has 1 amide bonds. The van der Waals surface area contributed by atoms with Crippen molar-refractivity contribution in [3.05, 3.63) is 54.1 Å². The summed E-state index contributed by atoms with van der Waals surface area (Å²) < 4.78 is 26.6. The SMILES string of the molecule is O=C(CCSc1ccc(F)cc1)Nc1nc2ccc(F)cc2s1. The molecule has 7 heteroatoms. The van der Waals surface area contributed by atoms with Crippen LogP contribution in [0, 0.1) is 11.6 Å². The summed E-state index contributed by atoms with van der Waals surface area (Å²) in [6.45, 7) is 0. The Bertz CT molecular complexity index is 834. The standard InChI is InChI=1S/C16H12F2N2OS2/c17-10-1-4-12(5-2-10)22-8-7-15(21)20-16-19-13-6-3-11(18)9-14(13)23-16/h1-6,9H,7-8H2,(H,19,20,21). The lowest BCUT2D eigenvalue weighted by atomic mass is 10.3. The minimum atomic E-state index is -0.324. The Kier molecular flexibility index (Phi) is 4.88. The fraction of sp³-hybridized carbons (Fsp3) is 0.125. The Morgan fingerprint density at radius 1 is 1.13 bits per heavy atom. The summed E-state index contributed by atoms with van der Waals surface area (Å²) in [6, 6.07) is 10.5. The van der Waals surface area contributed by atoms with E-state index in [2.05, 4.69) is 10.3 Å². The van der Waals surface area contributed by atoms with E-state index in [9.17, 15) is 13.6 Å². The largest absolute Gasteiger partial charge is 0.302 e. The lowest BCUT2D eigenvalue weighted by molar-refractivity contribution is -0.115. The highest BCUT2D eigenvalue weighted by molar-refractivity contribution is 7.99. The number of amides is 1. The number of nitrogens with zero attached hydrogens (tertiary/aromatic N) is 1. The zero-order chi connectivity index (χ0) is 16.2. The van der Waals surface area contributed by atoms with Gasteiger partial charge in [0.25, 0.3) is 0 Å². The van der Waals surface area contributed by atoms with E-state index in [1.807, 2.05) is 0 Å². The van der Waals surface area contributed by atoms with Crippen LogP contribution in [-0.4, -0.2) is 16.6 Å². The molecule has 0 atom stereocenters. The van der Waals surface area contributed by atoms with Gasteiger partial charge in [0.05, 0.1) is 10.2 Å². The van der Waals surface area contributed by atoms with E-state index in [0.717, 1.165) is 4.90 Å². The van der Waals surface area contributed by atoms with Crippen LogP contribution in [0.4, 0.5) is 13.9 Å². The highest BCUT2D eigenvalue weighted by Crippen LogP contribution is 2.26. The van der Waals surface area contributed by atoms with E-state index in [1.165, 1.54) is 47.4 Å². The van der Waals surface area contributed by atoms with Crippen molar-refractivity contribution in [3.8, 4) is 0 Å². The molecule has 3 aromatic rings. The van der Waals surface area contributed by atoms with Gasteiger partial charge in [-0.05, 0) is 42.5 Å². The molecule has 3 nitrogen and oxygen atoms in total. The van der Waals surface area contributed by atoms with Crippen molar-refractivity contribution in [3.63, 3.8) is 0 Å². The molecule has 0 bridgehead atoms. The molecule has 0 saturated heterocycles. The minimum absolute atomic E-state index is 0.154. The van der Waals surface area contributed by atoms with E-state index in [-0.39, 0.29) is 17.5 Å². The number of carbonyl (C=O) groups is 1. The first-order chi connectivity index (χ1) is 11.1. The molecule has 23 heavy (non-hydrogen) atoms. The number of thiazole rings is 1. The van der Waals surface area contributed by atoms with Gasteiger partial charge in [-0.1, -0.05) is 11.3 Å².